The summed E-state index contributed by atoms with van der Waals surface area (Å²) in [6.07, 6.45) is 1.81. The second-order valence-electron chi connectivity index (χ2n) is 4.47. The average Bonchev–Trinajstić information content (AvgIpc) is 2.73. The Morgan fingerprint density at radius 1 is 1.32 bits per heavy atom. The number of hydrogen-bond acceptors (Lipinski definition) is 4. The first-order chi connectivity index (χ1) is 9.17. The molecular weight excluding hydrogens is 238 g/mol. The maximum atomic E-state index is 6.16. The van der Waals surface area contributed by atoms with Gasteiger partial charge in [-0.3, -0.25) is 4.98 Å². The number of nitrogen functional groups attached to an aromatic ring is 1. The van der Waals surface area contributed by atoms with Gasteiger partial charge >= 0.3 is 0 Å². The molecule has 2 heterocycles. The molecule has 0 amide bonds. The van der Waals surface area contributed by atoms with E-state index in [1.807, 2.05) is 36.0 Å². The van der Waals surface area contributed by atoms with Crippen molar-refractivity contribution in [2.45, 2.75) is 33.9 Å². The van der Waals surface area contributed by atoms with Crippen LogP contribution in [0.15, 0.2) is 24.4 Å². The Bertz CT molecular complexity index is 532. The quantitative estimate of drug-likeness (QED) is 0.894. The number of nitrogens with zero attached hydrogens (tertiary/aromatic N) is 4. The molecular formula is C14H21N5. The summed E-state index contributed by atoms with van der Waals surface area (Å²) < 4.78 is 1.96. The summed E-state index contributed by atoms with van der Waals surface area (Å²) in [5.74, 6) is 0.994. The summed E-state index contributed by atoms with van der Waals surface area (Å²) in [4.78, 5) is 6.58. The molecule has 0 radical (unpaired) electrons. The number of pyridine rings is 1. The van der Waals surface area contributed by atoms with Gasteiger partial charge < -0.3 is 10.6 Å². The molecule has 0 atom stereocenters. The summed E-state index contributed by atoms with van der Waals surface area (Å²) in [5.41, 5.74) is 8.85. The van der Waals surface area contributed by atoms with Gasteiger partial charge in [0.1, 0.15) is 0 Å². The predicted octanol–water partition coefficient (Wildman–Crippen LogP) is 2.22. The molecule has 2 aromatic rings. The smallest absolute Gasteiger partial charge is 0.151 e. The van der Waals surface area contributed by atoms with E-state index in [0.29, 0.717) is 0 Å². The molecule has 0 fully saturated rings. The molecule has 5 heteroatoms. The fraction of sp³-hybridized carbons (Fsp3) is 0.429. The minimum atomic E-state index is 0.743. The Labute approximate surface area is 114 Å². The Hall–Kier alpha value is -2.04. The van der Waals surface area contributed by atoms with Crippen LogP contribution in [-0.4, -0.2) is 21.3 Å². The first-order valence-electron chi connectivity index (χ1n) is 6.65. The highest BCUT2D eigenvalue weighted by Crippen LogP contribution is 2.27. The Balaban J connectivity index is 2.32. The zero-order chi connectivity index (χ0) is 13.8. The summed E-state index contributed by atoms with van der Waals surface area (Å²) in [7, 11) is 0. The monoisotopic (exact) mass is 259 g/mol. The van der Waals surface area contributed by atoms with Crippen LogP contribution in [0.1, 0.15) is 25.2 Å². The molecule has 0 saturated carbocycles. The van der Waals surface area contributed by atoms with Gasteiger partial charge in [0.05, 0.1) is 23.6 Å². The number of nitrogens with two attached hydrogens (primary N) is 1. The molecule has 0 unspecified atom stereocenters. The number of hydrogen-bond donors (Lipinski definition) is 1. The normalized spacial score (nSPS) is 10.7. The molecule has 5 nitrogen and oxygen atoms in total. The molecule has 0 aromatic carbocycles. The third-order valence-electron chi connectivity index (χ3n) is 3.21. The molecule has 0 bridgehead atoms. The van der Waals surface area contributed by atoms with E-state index in [0.717, 1.165) is 42.5 Å². The van der Waals surface area contributed by atoms with Crippen LogP contribution >= 0.6 is 0 Å². The van der Waals surface area contributed by atoms with Crippen molar-refractivity contribution in [1.82, 2.24) is 14.8 Å². The van der Waals surface area contributed by atoms with Crippen molar-refractivity contribution in [3.8, 4) is 0 Å². The van der Waals surface area contributed by atoms with Crippen molar-refractivity contribution in [3.63, 3.8) is 0 Å². The second-order valence-corrected chi connectivity index (χ2v) is 4.47. The fourth-order valence-corrected chi connectivity index (χ4v) is 2.16. The van der Waals surface area contributed by atoms with Crippen molar-refractivity contribution in [1.29, 1.82) is 0 Å². The van der Waals surface area contributed by atoms with Crippen LogP contribution in [0.5, 0.6) is 0 Å². The van der Waals surface area contributed by atoms with E-state index in [9.17, 15) is 0 Å². The topological polar surface area (TPSA) is 60.0 Å². The van der Waals surface area contributed by atoms with Crippen molar-refractivity contribution in [3.05, 3.63) is 35.8 Å². The van der Waals surface area contributed by atoms with E-state index >= 15 is 0 Å². The Kier molecular flexibility index (Phi) is 4.04. The van der Waals surface area contributed by atoms with Gasteiger partial charge in [-0.1, -0.05) is 6.07 Å². The lowest BCUT2D eigenvalue weighted by Crippen LogP contribution is -2.26. The van der Waals surface area contributed by atoms with Gasteiger partial charge in [-0.25, -0.2) is 4.68 Å². The van der Waals surface area contributed by atoms with Crippen molar-refractivity contribution < 1.29 is 0 Å². The van der Waals surface area contributed by atoms with E-state index in [4.69, 9.17) is 5.73 Å². The van der Waals surface area contributed by atoms with Crippen LogP contribution in [0.3, 0.4) is 0 Å². The summed E-state index contributed by atoms with van der Waals surface area (Å²) >= 11 is 0. The van der Waals surface area contributed by atoms with E-state index in [1.165, 1.54) is 0 Å². The first kappa shape index (κ1) is 13.4. The second kappa shape index (κ2) is 5.73. The van der Waals surface area contributed by atoms with Gasteiger partial charge in [-0.15, -0.1) is 0 Å². The van der Waals surface area contributed by atoms with Crippen molar-refractivity contribution in [2.75, 3.05) is 17.2 Å². The Morgan fingerprint density at radius 3 is 2.68 bits per heavy atom. The lowest BCUT2D eigenvalue weighted by Gasteiger charge is -2.23. The van der Waals surface area contributed by atoms with Crippen molar-refractivity contribution >= 4 is 11.5 Å². The number of aromatic nitrogens is 3. The molecule has 0 aliphatic rings. The zero-order valence-electron chi connectivity index (χ0n) is 11.8. The Morgan fingerprint density at radius 2 is 2.11 bits per heavy atom. The van der Waals surface area contributed by atoms with Gasteiger partial charge in [0, 0.05) is 19.3 Å². The number of anilines is 2. The third-order valence-corrected chi connectivity index (χ3v) is 3.21. The van der Waals surface area contributed by atoms with Gasteiger partial charge in [0.25, 0.3) is 0 Å². The SMILES string of the molecule is CCN(Cc1ccccn1)c1c(N)c(C)nn1CC. The summed E-state index contributed by atoms with van der Waals surface area (Å²) in [6.45, 7) is 8.55. The van der Waals surface area contributed by atoms with Gasteiger partial charge in [-0.2, -0.15) is 5.10 Å². The first-order valence-corrected chi connectivity index (χ1v) is 6.65. The van der Waals surface area contributed by atoms with Crippen LogP contribution in [0, 0.1) is 6.92 Å². The average molecular weight is 259 g/mol. The predicted molar refractivity (Wildman–Crippen MR) is 78.0 cm³/mol. The summed E-state index contributed by atoms with van der Waals surface area (Å²) in [6, 6.07) is 5.95. The van der Waals surface area contributed by atoms with Crippen LogP contribution in [0.4, 0.5) is 11.5 Å². The highest BCUT2D eigenvalue weighted by Gasteiger charge is 2.17. The van der Waals surface area contributed by atoms with Crippen molar-refractivity contribution in [2.24, 2.45) is 0 Å². The minimum Gasteiger partial charge on any atom is -0.394 e. The van der Waals surface area contributed by atoms with Gasteiger partial charge in [-0.05, 0) is 32.9 Å². The highest BCUT2D eigenvalue weighted by atomic mass is 15.4. The molecule has 2 aromatic heterocycles. The molecule has 0 aliphatic carbocycles. The van der Waals surface area contributed by atoms with E-state index in [-0.39, 0.29) is 0 Å². The van der Waals surface area contributed by atoms with Gasteiger partial charge in [0.2, 0.25) is 0 Å². The van der Waals surface area contributed by atoms with Crippen LogP contribution < -0.4 is 10.6 Å². The third kappa shape index (κ3) is 2.70. The lowest BCUT2D eigenvalue weighted by atomic mass is 10.3. The molecule has 19 heavy (non-hydrogen) atoms. The molecule has 0 spiro atoms. The molecule has 2 N–H and O–H groups in total. The van der Waals surface area contributed by atoms with E-state index in [2.05, 4.69) is 28.8 Å². The molecule has 0 aliphatic heterocycles. The largest absolute Gasteiger partial charge is 0.394 e. The maximum absolute atomic E-state index is 6.16. The van der Waals surface area contributed by atoms with Crippen LogP contribution in [0.25, 0.3) is 0 Å². The van der Waals surface area contributed by atoms with Gasteiger partial charge in [0.15, 0.2) is 5.82 Å². The molecule has 0 saturated heterocycles. The van der Waals surface area contributed by atoms with E-state index in [1.54, 1.807) is 0 Å². The number of rotatable bonds is 5. The molecule has 2 rings (SSSR count). The van der Waals surface area contributed by atoms with Crippen LogP contribution in [0.2, 0.25) is 0 Å². The lowest BCUT2D eigenvalue weighted by molar-refractivity contribution is 0.629. The molecule has 102 valence electrons. The van der Waals surface area contributed by atoms with Crippen LogP contribution in [-0.2, 0) is 13.1 Å². The van der Waals surface area contributed by atoms with E-state index < -0.39 is 0 Å². The number of aryl methyl sites for hydroxylation is 2. The highest BCUT2D eigenvalue weighted by molar-refractivity contribution is 5.66. The maximum Gasteiger partial charge on any atom is 0.151 e. The minimum absolute atomic E-state index is 0.743. The zero-order valence-corrected chi connectivity index (χ0v) is 11.8. The summed E-state index contributed by atoms with van der Waals surface area (Å²) in [5, 5.41) is 4.47. The fourth-order valence-electron chi connectivity index (χ4n) is 2.16. The standard InChI is InChI=1S/C14H21N5/c1-4-18(10-12-8-6-7-9-16-12)14-13(15)11(3)17-19(14)5-2/h6-9H,4-5,10,15H2,1-3H3.